The third-order valence-corrected chi connectivity index (χ3v) is 10.6. The molecule has 0 saturated carbocycles. The van der Waals surface area contributed by atoms with E-state index in [4.69, 9.17) is 37.7 Å². The zero-order chi connectivity index (χ0) is 30.5. The van der Waals surface area contributed by atoms with Crippen molar-refractivity contribution < 1.29 is 32.1 Å². The van der Waals surface area contributed by atoms with Gasteiger partial charge in [0.1, 0.15) is 31.0 Å². The molecule has 44 heavy (non-hydrogen) atoms. The van der Waals surface area contributed by atoms with Crippen molar-refractivity contribution in [2.24, 2.45) is 0 Å². The lowest BCUT2D eigenvalue weighted by Gasteiger charge is -2.40. The van der Waals surface area contributed by atoms with E-state index < -0.39 is 39.8 Å². The average molecular weight is 654 g/mol. The Kier molecular flexibility index (Phi) is 6.58. The highest BCUT2D eigenvalue weighted by atomic mass is 35.5. The van der Waals surface area contributed by atoms with Crippen molar-refractivity contribution in [2.75, 3.05) is 37.7 Å². The van der Waals surface area contributed by atoms with E-state index >= 15 is 0 Å². The van der Waals surface area contributed by atoms with Gasteiger partial charge in [-0.3, -0.25) is 4.90 Å². The molecule has 4 saturated heterocycles. The lowest BCUT2D eigenvalue weighted by molar-refractivity contribution is -0.137. The van der Waals surface area contributed by atoms with Crippen molar-refractivity contribution in [3.63, 3.8) is 0 Å². The van der Waals surface area contributed by atoms with E-state index in [1.165, 1.54) is 6.07 Å². The summed E-state index contributed by atoms with van der Waals surface area (Å²) in [4.78, 5) is 13.8. The second-order valence-electron chi connectivity index (χ2n) is 12.6. The summed E-state index contributed by atoms with van der Waals surface area (Å²) in [6.07, 6.45) is -1.71. The summed E-state index contributed by atoms with van der Waals surface area (Å²) in [7, 11) is 0. The van der Waals surface area contributed by atoms with Crippen molar-refractivity contribution in [1.29, 1.82) is 0 Å². The highest BCUT2D eigenvalue weighted by Gasteiger charge is 2.50. The topological polar surface area (TPSA) is 83.0 Å². The van der Waals surface area contributed by atoms with Gasteiger partial charge in [0, 0.05) is 42.7 Å². The lowest BCUT2D eigenvalue weighted by atomic mass is 9.95. The van der Waals surface area contributed by atoms with Gasteiger partial charge in [-0.2, -0.15) is 23.1 Å². The zero-order valence-electron chi connectivity index (χ0n) is 23.4. The molecule has 2 aromatic carbocycles. The van der Waals surface area contributed by atoms with Gasteiger partial charge in [0.2, 0.25) is 0 Å². The van der Waals surface area contributed by atoms with E-state index in [1.54, 1.807) is 0 Å². The van der Waals surface area contributed by atoms with E-state index in [1.807, 2.05) is 0 Å². The molecule has 1 aromatic heterocycles. The van der Waals surface area contributed by atoms with Crippen LogP contribution in [-0.2, 0) is 6.18 Å². The van der Waals surface area contributed by atoms with Gasteiger partial charge in [0.15, 0.2) is 5.75 Å². The van der Waals surface area contributed by atoms with Gasteiger partial charge in [0.05, 0.1) is 38.1 Å². The minimum absolute atomic E-state index is 0.0479. The number of nitrogens with one attached hydrogen (secondary N) is 1. The molecule has 6 heterocycles. The molecule has 8 rings (SSSR count). The molecule has 5 aliphatic rings. The first kappa shape index (κ1) is 28.7. The summed E-state index contributed by atoms with van der Waals surface area (Å²) in [6, 6.07) is 3.58. The molecule has 8 nitrogen and oxygen atoms in total. The standard InChI is InChI=1S/C30H29Cl2F4N5O3/c31-19-7-16(42)6-17(24(19)30(34,35)36)18-8-21-23-26(25(18)32)43-12-22-20-3-2-15(37-20)11-41(22)27(23)39-28(38-21)44-13-29-4-1-5-40(29)10-14(33)9-29/h6-8,14-15,20,22,37,42H,1-5,9-13H2/t14-,15?,20?,22?,29+/m1/s1. The van der Waals surface area contributed by atoms with Crippen molar-refractivity contribution in [3.05, 3.63) is 33.8 Å². The van der Waals surface area contributed by atoms with Crippen LogP contribution in [0, 0.1) is 0 Å². The van der Waals surface area contributed by atoms with Crippen LogP contribution in [0.1, 0.15) is 37.7 Å². The predicted octanol–water partition coefficient (Wildman–Crippen LogP) is 5.98. The summed E-state index contributed by atoms with van der Waals surface area (Å²) in [6.45, 7) is 2.23. The number of aromatic hydroxyl groups is 1. The predicted molar refractivity (Wildman–Crippen MR) is 157 cm³/mol. The first-order valence-electron chi connectivity index (χ1n) is 14.8. The van der Waals surface area contributed by atoms with Gasteiger partial charge < -0.3 is 24.8 Å². The summed E-state index contributed by atoms with van der Waals surface area (Å²) in [5.41, 5.74) is -1.76. The van der Waals surface area contributed by atoms with E-state index in [-0.39, 0.29) is 59.2 Å². The summed E-state index contributed by atoms with van der Waals surface area (Å²) in [5, 5.41) is 13.6. The number of alkyl halides is 4. The molecule has 5 atom stereocenters. The van der Waals surface area contributed by atoms with E-state index in [9.17, 15) is 22.7 Å². The molecule has 0 amide bonds. The molecule has 3 unspecified atom stereocenters. The van der Waals surface area contributed by atoms with Crippen molar-refractivity contribution in [1.82, 2.24) is 20.2 Å². The van der Waals surface area contributed by atoms with Crippen molar-refractivity contribution in [3.8, 4) is 28.6 Å². The average Bonchev–Trinajstić information content (AvgIpc) is 3.58. The fourth-order valence-corrected chi connectivity index (χ4v) is 8.68. The fraction of sp³-hybridized carbons (Fsp3) is 0.533. The van der Waals surface area contributed by atoms with E-state index in [0.717, 1.165) is 44.4 Å². The molecular weight excluding hydrogens is 625 g/mol. The largest absolute Gasteiger partial charge is 0.508 e. The molecule has 0 radical (unpaired) electrons. The van der Waals surface area contributed by atoms with Gasteiger partial charge in [-0.1, -0.05) is 23.2 Å². The summed E-state index contributed by atoms with van der Waals surface area (Å²) in [5.74, 6) is 0.251. The van der Waals surface area contributed by atoms with Gasteiger partial charge in [-0.25, -0.2) is 4.39 Å². The number of halogens is 6. The number of hydrogen-bond donors (Lipinski definition) is 2. The fourth-order valence-electron chi connectivity index (χ4n) is 8.05. The molecule has 2 N–H and O–H groups in total. The SMILES string of the molecule is Oc1cc(Cl)c(C(F)(F)F)c(-c2cc3nc(OC[C@@]45CCCN4C[C@H](F)C5)nc4c3c(c2Cl)OCC2C3CCC(CN42)N3)c1. The van der Waals surface area contributed by atoms with Crippen LogP contribution < -0.4 is 19.7 Å². The Balaban J connectivity index is 1.30. The normalized spacial score (nSPS) is 29.5. The number of phenolic OH excluding ortho intramolecular Hbond substituents is 1. The van der Waals surface area contributed by atoms with Crippen LogP contribution in [-0.4, -0.2) is 82.7 Å². The molecule has 5 aliphatic heterocycles. The van der Waals surface area contributed by atoms with Crippen LogP contribution in [0.25, 0.3) is 22.0 Å². The molecule has 0 spiro atoms. The maximum atomic E-state index is 14.4. The Morgan fingerprint density at radius 3 is 2.80 bits per heavy atom. The number of ether oxygens (including phenoxy) is 2. The van der Waals surface area contributed by atoms with Crippen LogP contribution in [0.3, 0.4) is 0 Å². The number of hydrogen-bond acceptors (Lipinski definition) is 8. The molecule has 3 aromatic rings. The van der Waals surface area contributed by atoms with Gasteiger partial charge in [-0.05, 0) is 50.4 Å². The monoisotopic (exact) mass is 653 g/mol. The number of phenols is 1. The van der Waals surface area contributed by atoms with Crippen molar-refractivity contribution >= 4 is 39.9 Å². The number of anilines is 1. The van der Waals surface area contributed by atoms with Crippen LogP contribution >= 0.6 is 23.2 Å². The van der Waals surface area contributed by atoms with Gasteiger partial charge in [-0.15, -0.1) is 0 Å². The number of rotatable bonds is 4. The maximum absolute atomic E-state index is 14.4. The molecule has 14 heteroatoms. The molecule has 0 aliphatic carbocycles. The lowest BCUT2D eigenvalue weighted by Crippen LogP contribution is -2.60. The molecule has 4 fully saturated rings. The number of aromatic nitrogens is 2. The van der Waals surface area contributed by atoms with Crippen LogP contribution in [0.15, 0.2) is 18.2 Å². The zero-order valence-corrected chi connectivity index (χ0v) is 24.9. The first-order chi connectivity index (χ1) is 21.0. The van der Waals surface area contributed by atoms with Crippen LogP contribution in [0.2, 0.25) is 10.0 Å². The molecule has 234 valence electrons. The van der Waals surface area contributed by atoms with E-state index in [2.05, 4.69) is 20.1 Å². The van der Waals surface area contributed by atoms with Gasteiger partial charge >= 0.3 is 12.2 Å². The third kappa shape index (κ3) is 4.46. The van der Waals surface area contributed by atoms with Gasteiger partial charge in [0.25, 0.3) is 0 Å². The Hall–Kier alpha value is -2.80. The Labute approximate surface area is 260 Å². The third-order valence-electron chi connectivity index (χ3n) is 9.95. The first-order valence-corrected chi connectivity index (χ1v) is 15.6. The highest BCUT2D eigenvalue weighted by molar-refractivity contribution is 6.37. The molecular formula is C30H29Cl2F4N5O3. The highest BCUT2D eigenvalue weighted by Crippen LogP contribution is 2.51. The number of fused-ring (bicyclic) bond motifs is 6. The number of benzene rings is 2. The second-order valence-corrected chi connectivity index (χ2v) is 13.4. The number of nitrogens with zero attached hydrogens (tertiary/aromatic N) is 4. The van der Waals surface area contributed by atoms with E-state index in [0.29, 0.717) is 30.7 Å². The Morgan fingerprint density at radius 1 is 1.14 bits per heavy atom. The summed E-state index contributed by atoms with van der Waals surface area (Å²) >= 11 is 12.9. The second kappa shape index (κ2) is 10.1. The quantitative estimate of drug-likeness (QED) is 0.333. The molecule has 2 bridgehead atoms. The minimum Gasteiger partial charge on any atom is -0.508 e. The Morgan fingerprint density at radius 2 is 1.98 bits per heavy atom. The maximum Gasteiger partial charge on any atom is 0.418 e. The number of piperazine rings is 1. The van der Waals surface area contributed by atoms with Crippen LogP contribution in [0.4, 0.5) is 23.4 Å². The summed E-state index contributed by atoms with van der Waals surface area (Å²) < 4.78 is 69.9. The minimum atomic E-state index is -4.84. The Bertz CT molecular complexity index is 1680. The van der Waals surface area contributed by atoms with Crippen LogP contribution in [0.5, 0.6) is 17.5 Å². The smallest absolute Gasteiger partial charge is 0.418 e. The van der Waals surface area contributed by atoms with Crippen molar-refractivity contribution in [2.45, 2.75) is 68.1 Å².